The van der Waals surface area contributed by atoms with Gasteiger partial charge in [-0.15, -0.1) is 0 Å². The van der Waals surface area contributed by atoms with Gasteiger partial charge in [0, 0.05) is 101 Å². The minimum atomic E-state index is -1.83. The van der Waals surface area contributed by atoms with Crippen LogP contribution in [0.15, 0.2) is 140 Å². The Morgan fingerprint density at radius 2 is 0.991 bits per heavy atom. The molecule has 7 rings (SSSR count). The number of amides is 13. The standard InChI is InChI=1S/C83H110ClN17O14/c1-51(2)42-66(77(109)95-65(27-12-13-38-89-52(3)4)83(115)101-41-19-28-70(101)81(113)92-53(5)72(85)104)96-76(108)64(26-11-15-40-91-74(106)61-24-18-37-88-49-61)93-75(107)63(25-10-14-39-90-73(105)60-23-17-36-87-48-60)94-80(112)69(50-102)99-79(111)68(45-57-20-16-35-86-47-57)97-78(110)67(44-55-30-33-62(84)34-31-55)98-82(114)71(100(7)54(6)103)46-56-29-32-58-21-8-9-22-59(58)43-56/h8-9,16-18,20-24,29-37,43,47-49,51-53,63-71,89,102H,10-15,19,25-28,38-42,44-46,50H2,1-7H3,(H2,85,104)(H,90,105)(H,91,106)(H,92,113)(H,93,107)(H,94,112)(H,95,109)(H,96,108)(H,97,110)(H,98,114)(H,99,111)/t53-,63+,64+,65+,66+,67+,68+,69+,70+,71+/m1/s1. The topological polar surface area (TPSA) is 446 Å². The van der Waals surface area contributed by atoms with Crippen molar-refractivity contribution < 1.29 is 67.4 Å². The number of hydrogen-bond acceptors (Lipinski definition) is 18. The number of fused-ring (bicyclic) bond motifs is 1. The molecule has 1 fully saturated rings. The number of halogens is 1. The van der Waals surface area contributed by atoms with Crippen LogP contribution in [-0.2, 0) is 72.0 Å². The molecule has 13 amide bonds. The van der Waals surface area contributed by atoms with E-state index in [0.29, 0.717) is 47.5 Å². The minimum Gasteiger partial charge on any atom is -0.394 e. The fourth-order valence-electron chi connectivity index (χ4n) is 13.1. The van der Waals surface area contributed by atoms with E-state index >= 15 is 14.4 Å². The van der Waals surface area contributed by atoms with E-state index in [-0.39, 0.29) is 114 Å². The summed E-state index contributed by atoms with van der Waals surface area (Å²) in [5, 5.41) is 44.2. The van der Waals surface area contributed by atoms with Gasteiger partial charge in [-0.1, -0.05) is 100.0 Å². The second kappa shape index (κ2) is 46.8. The van der Waals surface area contributed by atoms with E-state index in [4.69, 9.17) is 17.3 Å². The number of aliphatic hydroxyl groups excluding tert-OH is 1. The lowest BCUT2D eigenvalue weighted by Crippen LogP contribution is -2.61. The minimum absolute atomic E-state index is 0.0307. The first kappa shape index (κ1) is 90.9. The fraction of sp³-hybridized carbons (Fsp3) is 0.470. The van der Waals surface area contributed by atoms with Gasteiger partial charge in [-0.2, -0.15) is 0 Å². The van der Waals surface area contributed by atoms with E-state index < -0.39 is 144 Å². The SMILES string of the molecule is CC(=O)N(C)[C@@H](Cc1ccc2ccccc2c1)C(=O)N[C@@H](Cc1ccc(Cl)cc1)C(=O)N[C@@H](Cc1cccnc1)C(=O)N[C@@H](CO)C(=O)N[C@@H](CCCCNC(=O)c1cccnc1)C(=O)N[C@@H](CCCCNC(=O)c1cccnc1)C(=O)N[C@@H](CC(C)C)C(=O)N[C@@H](CCCCNC(C)C)C(=O)N1CCC[C@H]1C(=O)N[C@H](C)C(N)=O. The molecule has 31 nitrogen and oxygen atoms in total. The highest BCUT2D eigenvalue weighted by Gasteiger charge is 2.41. The van der Waals surface area contributed by atoms with Gasteiger partial charge in [-0.25, -0.2) is 0 Å². The number of carbonyl (C=O) groups is 13. The summed E-state index contributed by atoms with van der Waals surface area (Å²) in [6.45, 7) is 10.3. The Morgan fingerprint density at radius 1 is 0.513 bits per heavy atom. The normalized spacial score (nSPS) is 14.9. The zero-order valence-corrected chi connectivity index (χ0v) is 67.1. The number of aromatic nitrogens is 3. The molecule has 0 saturated carbocycles. The molecule has 3 aromatic carbocycles. The van der Waals surface area contributed by atoms with Gasteiger partial charge in [0.05, 0.1) is 17.7 Å². The molecule has 32 heteroatoms. The number of pyridine rings is 3. The third-order valence-electron chi connectivity index (χ3n) is 19.7. The molecule has 3 aromatic heterocycles. The summed E-state index contributed by atoms with van der Waals surface area (Å²) in [6.07, 6.45) is 10.9. The highest BCUT2D eigenvalue weighted by Crippen LogP contribution is 2.23. The predicted octanol–water partition coefficient (Wildman–Crippen LogP) is 3.33. The van der Waals surface area contributed by atoms with Gasteiger partial charge in [-0.3, -0.25) is 77.3 Å². The monoisotopic (exact) mass is 1600 g/mol. The quantitative estimate of drug-likeness (QED) is 0.0244. The molecule has 0 aliphatic carbocycles. The maximum Gasteiger partial charge on any atom is 0.252 e. The van der Waals surface area contributed by atoms with E-state index in [0.717, 1.165) is 16.3 Å². The van der Waals surface area contributed by atoms with Crippen molar-refractivity contribution in [1.29, 1.82) is 0 Å². The number of carbonyl (C=O) groups excluding carboxylic acids is 13. The van der Waals surface area contributed by atoms with Crippen molar-refractivity contribution >= 4 is 99.2 Å². The molecule has 6 aromatic rings. The lowest BCUT2D eigenvalue weighted by atomic mass is 9.99. The van der Waals surface area contributed by atoms with Gasteiger partial charge >= 0.3 is 0 Å². The maximum absolute atomic E-state index is 15.2. The van der Waals surface area contributed by atoms with Gasteiger partial charge in [0.1, 0.15) is 60.4 Å². The zero-order chi connectivity index (χ0) is 83.5. The number of aliphatic hydroxyl groups is 1. The predicted molar refractivity (Wildman–Crippen MR) is 432 cm³/mol. The lowest BCUT2D eigenvalue weighted by Gasteiger charge is -2.31. The van der Waals surface area contributed by atoms with Gasteiger partial charge in [0.15, 0.2) is 0 Å². The van der Waals surface area contributed by atoms with Crippen LogP contribution in [0.25, 0.3) is 10.8 Å². The molecule has 4 heterocycles. The second-order valence-corrected chi connectivity index (χ2v) is 30.0. The second-order valence-electron chi connectivity index (χ2n) is 29.6. The van der Waals surface area contributed by atoms with E-state index in [1.807, 2.05) is 70.2 Å². The van der Waals surface area contributed by atoms with Gasteiger partial charge < -0.3 is 79.1 Å². The number of primary amides is 1. The van der Waals surface area contributed by atoms with E-state index in [1.54, 1.807) is 60.7 Å². The van der Waals surface area contributed by atoms with Gasteiger partial charge in [-0.05, 0) is 166 Å². The summed E-state index contributed by atoms with van der Waals surface area (Å²) in [5.41, 5.74) is 7.76. The van der Waals surface area contributed by atoms with Crippen LogP contribution in [0.4, 0.5) is 0 Å². The Morgan fingerprint density at radius 3 is 1.52 bits per heavy atom. The van der Waals surface area contributed by atoms with Crippen molar-refractivity contribution in [2.75, 3.05) is 39.8 Å². The molecule has 0 bridgehead atoms. The van der Waals surface area contributed by atoms with Crippen molar-refractivity contribution in [2.45, 2.75) is 204 Å². The lowest BCUT2D eigenvalue weighted by molar-refractivity contribution is -0.142. The molecular weight excluding hydrogens is 1490 g/mol. The number of nitrogens with two attached hydrogens (primary N) is 1. The summed E-state index contributed by atoms with van der Waals surface area (Å²) < 4.78 is 0. The average molecular weight is 1610 g/mol. The molecule has 1 saturated heterocycles. The van der Waals surface area contributed by atoms with Crippen molar-refractivity contribution in [1.82, 2.24) is 83.2 Å². The first-order chi connectivity index (χ1) is 55.1. The highest BCUT2D eigenvalue weighted by molar-refractivity contribution is 6.30. The third kappa shape index (κ3) is 29.9. The van der Waals surface area contributed by atoms with Crippen LogP contribution < -0.4 is 64.2 Å². The van der Waals surface area contributed by atoms with Crippen LogP contribution in [0.1, 0.15) is 156 Å². The summed E-state index contributed by atoms with van der Waals surface area (Å²) in [6, 6.07) is 16.1. The molecule has 0 spiro atoms. The average Bonchev–Trinajstić information content (AvgIpc) is 1.81. The number of likely N-dealkylation sites (N-methyl/N-ethyl adjacent to an activating group) is 1. The number of hydrogen-bond donors (Lipinski definition) is 13. The Balaban J connectivity index is 1.16. The van der Waals surface area contributed by atoms with Crippen molar-refractivity contribution in [3.8, 4) is 0 Å². The third-order valence-corrected chi connectivity index (χ3v) is 19.9. The van der Waals surface area contributed by atoms with Crippen LogP contribution in [0.5, 0.6) is 0 Å². The summed E-state index contributed by atoms with van der Waals surface area (Å²) in [5.74, 6) is -9.61. The number of nitrogens with one attached hydrogen (secondary N) is 11. The summed E-state index contributed by atoms with van der Waals surface area (Å²) >= 11 is 6.29. The van der Waals surface area contributed by atoms with Crippen LogP contribution in [0.3, 0.4) is 0 Å². The van der Waals surface area contributed by atoms with Gasteiger partial charge in [0.25, 0.3) is 11.8 Å². The fourth-order valence-corrected chi connectivity index (χ4v) is 13.3. The molecule has 0 unspecified atom stereocenters. The number of likely N-dealkylation sites (tertiary alicyclic amines) is 1. The van der Waals surface area contributed by atoms with Gasteiger partial charge in [0.2, 0.25) is 65.0 Å². The number of benzene rings is 3. The molecule has 618 valence electrons. The first-order valence-electron chi connectivity index (χ1n) is 39.2. The number of nitrogens with zero attached hydrogens (tertiary/aromatic N) is 5. The highest BCUT2D eigenvalue weighted by atomic mass is 35.5. The Kier molecular flexibility index (Phi) is 37.0. The zero-order valence-electron chi connectivity index (χ0n) is 66.3. The van der Waals surface area contributed by atoms with E-state index in [2.05, 4.69) is 73.4 Å². The molecule has 115 heavy (non-hydrogen) atoms. The van der Waals surface area contributed by atoms with Crippen molar-refractivity contribution in [3.05, 3.63) is 173 Å². The molecule has 1 aliphatic rings. The Labute approximate surface area is 675 Å². The Hall–Kier alpha value is -11.3. The van der Waals surface area contributed by atoms with Crippen LogP contribution in [-0.4, -0.2) is 213 Å². The Bertz CT molecular complexity index is 4240. The molecule has 1 aliphatic heterocycles. The van der Waals surface area contributed by atoms with Crippen LogP contribution in [0.2, 0.25) is 5.02 Å². The van der Waals surface area contributed by atoms with Crippen molar-refractivity contribution in [2.24, 2.45) is 11.7 Å². The van der Waals surface area contributed by atoms with Crippen molar-refractivity contribution in [3.63, 3.8) is 0 Å². The largest absolute Gasteiger partial charge is 0.394 e. The van der Waals surface area contributed by atoms with Crippen LogP contribution >= 0.6 is 11.6 Å². The summed E-state index contributed by atoms with van der Waals surface area (Å²) in [7, 11) is 1.48. The van der Waals surface area contributed by atoms with Crippen LogP contribution in [0, 0.1) is 5.92 Å². The maximum atomic E-state index is 15.2. The van der Waals surface area contributed by atoms with E-state index in [9.17, 15) is 53.1 Å². The van der Waals surface area contributed by atoms with E-state index in [1.165, 1.54) is 67.9 Å². The smallest absolute Gasteiger partial charge is 0.252 e. The molecule has 14 N–H and O–H groups in total. The number of unbranched alkanes of at least 4 members (excludes halogenated alkanes) is 3. The molecule has 10 atom stereocenters. The molecular formula is C83H110ClN17O14. The first-order valence-corrected chi connectivity index (χ1v) is 39.5. The number of rotatable bonds is 46. The molecule has 0 radical (unpaired) electrons. The summed E-state index contributed by atoms with van der Waals surface area (Å²) in [4.78, 5) is 199.